The molecule has 7 nitrogen and oxygen atoms in total. The molecule has 144 valence electrons. The number of hydrogen-bond acceptors (Lipinski definition) is 5. The van der Waals surface area contributed by atoms with Crippen LogP contribution in [0.3, 0.4) is 0 Å². The summed E-state index contributed by atoms with van der Waals surface area (Å²) in [4.78, 5) is 11.9. The number of anilines is 2. The summed E-state index contributed by atoms with van der Waals surface area (Å²) in [6.45, 7) is 3.23. The van der Waals surface area contributed by atoms with E-state index in [1.54, 1.807) is 25.1 Å². The summed E-state index contributed by atoms with van der Waals surface area (Å²) >= 11 is 6.02. The number of benzene rings is 2. The summed E-state index contributed by atoms with van der Waals surface area (Å²) < 4.78 is 52.8. The molecule has 1 aliphatic heterocycles. The van der Waals surface area contributed by atoms with Gasteiger partial charge in [-0.3, -0.25) is 9.52 Å². The number of hydrogen-bond donors (Lipinski definition) is 1. The van der Waals surface area contributed by atoms with E-state index in [0.29, 0.717) is 21.8 Å². The van der Waals surface area contributed by atoms with Crippen molar-refractivity contribution in [3.63, 3.8) is 0 Å². The molecule has 1 fully saturated rings. The van der Waals surface area contributed by atoms with Crippen molar-refractivity contribution in [1.82, 2.24) is 0 Å². The zero-order valence-corrected chi connectivity index (χ0v) is 17.0. The third-order valence-electron chi connectivity index (χ3n) is 4.27. The lowest BCUT2D eigenvalue weighted by atomic mass is 10.2. The highest BCUT2D eigenvalue weighted by Gasteiger charge is 2.36. The fourth-order valence-corrected chi connectivity index (χ4v) is 5.82. The fourth-order valence-electron chi connectivity index (χ4n) is 2.85. The Morgan fingerprint density at radius 2 is 1.85 bits per heavy atom. The summed E-state index contributed by atoms with van der Waals surface area (Å²) in [5.41, 5.74) is 1.39. The van der Waals surface area contributed by atoms with Crippen LogP contribution >= 0.6 is 11.6 Å². The van der Waals surface area contributed by atoms with E-state index in [0.717, 1.165) is 4.31 Å². The molecule has 0 bridgehead atoms. The zero-order valence-electron chi connectivity index (χ0n) is 14.6. The third-order valence-corrected chi connectivity index (χ3v) is 7.90. The van der Waals surface area contributed by atoms with Crippen LogP contribution in [0, 0.1) is 13.8 Å². The van der Waals surface area contributed by atoms with Crippen molar-refractivity contribution >= 4 is 48.9 Å². The molecule has 0 saturated carbocycles. The van der Waals surface area contributed by atoms with Gasteiger partial charge >= 0.3 is 0 Å². The van der Waals surface area contributed by atoms with E-state index >= 15 is 0 Å². The molecule has 2 aromatic rings. The second-order valence-electron chi connectivity index (χ2n) is 6.19. The first-order valence-electron chi connectivity index (χ1n) is 7.97. The van der Waals surface area contributed by atoms with Crippen LogP contribution in [-0.4, -0.2) is 28.5 Å². The first-order chi connectivity index (χ1) is 12.5. The maximum Gasteiger partial charge on any atom is 0.262 e. The number of aryl methyl sites for hydroxylation is 1. The molecule has 2 aromatic carbocycles. The van der Waals surface area contributed by atoms with E-state index in [2.05, 4.69) is 4.72 Å². The molecule has 0 aliphatic carbocycles. The van der Waals surface area contributed by atoms with Crippen molar-refractivity contribution in [3.8, 4) is 0 Å². The normalized spacial score (nSPS) is 16.6. The molecule has 1 amide bonds. The van der Waals surface area contributed by atoms with Crippen molar-refractivity contribution in [2.45, 2.75) is 25.2 Å². The fraction of sp³-hybridized carbons (Fsp3) is 0.235. The van der Waals surface area contributed by atoms with Crippen molar-refractivity contribution in [1.29, 1.82) is 0 Å². The number of halogens is 1. The van der Waals surface area contributed by atoms with E-state index in [1.165, 1.54) is 25.1 Å². The van der Waals surface area contributed by atoms with Crippen LogP contribution in [0.5, 0.6) is 0 Å². The highest BCUT2D eigenvalue weighted by atomic mass is 35.5. The van der Waals surface area contributed by atoms with Gasteiger partial charge in [-0.2, -0.15) is 0 Å². The third kappa shape index (κ3) is 3.67. The van der Waals surface area contributed by atoms with Crippen molar-refractivity contribution in [2.24, 2.45) is 0 Å². The molecular weight excluding hydrogens is 412 g/mol. The Labute approximate surface area is 163 Å². The van der Waals surface area contributed by atoms with Gasteiger partial charge in [-0.25, -0.2) is 21.1 Å². The van der Waals surface area contributed by atoms with Gasteiger partial charge in [0.15, 0.2) is 0 Å². The van der Waals surface area contributed by atoms with Crippen LogP contribution in [0.25, 0.3) is 0 Å². The molecule has 27 heavy (non-hydrogen) atoms. The van der Waals surface area contributed by atoms with Gasteiger partial charge in [0.1, 0.15) is 0 Å². The van der Waals surface area contributed by atoms with Crippen LogP contribution in [0.2, 0.25) is 5.02 Å². The van der Waals surface area contributed by atoms with E-state index in [9.17, 15) is 21.6 Å². The SMILES string of the molecule is Cc1cc(N2C(=O)CCS2(=O)=O)ccc1S(=O)(=O)Nc1cccc(Cl)c1C. The molecule has 0 aromatic heterocycles. The van der Waals surface area contributed by atoms with Gasteiger partial charge in [0.05, 0.1) is 22.0 Å². The maximum atomic E-state index is 12.8. The van der Waals surface area contributed by atoms with Crippen LogP contribution in [0.1, 0.15) is 17.5 Å². The van der Waals surface area contributed by atoms with Crippen molar-refractivity contribution in [3.05, 3.63) is 52.5 Å². The van der Waals surface area contributed by atoms with Gasteiger partial charge in [0, 0.05) is 11.4 Å². The van der Waals surface area contributed by atoms with Gasteiger partial charge < -0.3 is 0 Å². The number of rotatable bonds is 4. The van der Waals surface area contributed by atoms with Crippen molar-refractivity contribution in [2.75, 3.05) is 14.8 Å². The Kier molecular flexibility index (Phi) is 4.96. The van der Waals surface area contributed by atoms with Gasteiger partial charge in [-0.05, 0) is 55.3 Å². The first-order valence-corrected chi connectivity index (χ1v) is 11.4. The van der Waals surface area contributed by atoms with Crippen LogP contribution < -0.4 is 9.03 Å². The average Bonchev–Trinajstić information content (AvgIpc) is 2.84. The van der Waals surface area contributed by atoms with Gasteiger partial charge in [-0.1, -0.05) is 17.7 Å². The van der Waals surface area contributed by atoms with Crippen LogP contribution in [0.15, 0.2) is 41.3 Å². The molecule has 0 radical (unpaired) electrons. The lowest BCUT2D eigenvalue weighted by Gasteiger charge is -2.17. The molecule has 1 aliphatic rings. The molecule has 0 unspecified atom stereocenters. The number of amides is 1. The zero-order chi connectivity index (χ0) is 20.0. The molecule has 1 saturated heterocycles. The maximum absolute atomic E-state index is 12.8. The molecule has 1 N–H and O–H groups in total. The lowest BCUT2D eigenvalue weighted by Crippen LogP contribution is -2.29. The Balaban J connectivity index is 1.98. The average molecular weight is 429 g/mol. The van der Waals surface area contributed by atoms with Gasteiger partial charge in [0.25, 0.3) is 10.0 Å². The van der Waals surface area contributed by atoms with E-state index < -0.39 is 26.0 Å². The molecule has 3 rings (SSSR count). The van der Waals surface area contributed by atoms with Gasteiger partial charge in [-0.15, -0.1) is 0 Å². The molecule has 1 heterocycles. The number of nitrogens with zero attached hydrogens (tertiary/aromatic N) is 1. The van der Waals surface area contributed by atoms with Gasteiger partial charge in [0.2, 0.25) is 15.9 Å². The second kappa shape index (κ2) is 6.81. The smallest absolute Gasteiger partial charge is 0.262 e. The minimum Gasteiger partial charge on any atom is -0.279 e. The Bertz CT molecular complexity index is 1140. The number of sulfonamides is 2. The largest absolute Gasteiger partial charge is 0.279 e. The van der Waals surface area contributed by atoms with Crippen molar-refractivity contribution < 1.29 is 21.6 Å². The number of carbonyl (C=O) groups is 1. The monoisotopic (exact) mass is 428 g/mol. The highest BCUT2D eigenvalue weighted by Crippen LogP contribution is 2.30. The number of nitrogens with one attached hydrogen (secondary N) is 1. The Hall–Kier alpha value is -2.10. The van der Waals surface area contributed by atoms with Crippen LogP contribution in [0.4, 0.5) is 11.4 Å². The van der Waals surface area contributed by atoms with E-state index in [1.807, 2.05) is 0 Å². The highest BCUT2D eigenvalue weighted by molar-refractivity contribution is 7.94. The second-order valence-corrected chi connectivity index (χ2v) is 10.2. The Morgan fingerprint density at radius 3 is 2.44 bits per heavy atom. The molecule has 0 atom stereocenters. The topological polar surface area (TPSA) is 101 Å². The summed E-state index contributed by atoms with van der Waals surface area (Å²) in [6, 6.07) is 8.86. The summed E-state index contributed by atoms with van der Waals surface area (Å²) in [5, 5.41) is 0.431. The number of carbonyl (C=O) groups excluding carboxylic acids is 1. The predicted octanol–water partition coefficient (Wildman–Crippen LogP) is 2.82. The standard InChI is InChI=1S/C17H17ClN2O5S2/c1-11-10-13(20-17(21)8-9-26(20,22)23)6-7-16(11)27(24,25)19-15-5-3-4-14(18)12(15)2/h3-7,10,19H,8-9H2,1-2H3. The quantitative estimate of drug-likeness (QED) is 0.806. The Morgan fingerprint density at radius 1 is 1.15 bits per heavy atom. The summed E-state index contributed by atoms with van der Waals surface area (Å²) in [7, 11) is -7.64. The summed E-state index contributed by atoms with van der Waals surface area (Å²) in [5.74, 6) is -0.779. The van der Waals surface area contributed by atoms with Crippen LogP contribution in [-0.2, 0) is 24.8 Å². The van der Waals surface area contributed by atoms with E-state index in [-0.39, 0.29) is 22.8 Å². The molecule has 10 heteroatoms. The first kappa shape index (κ1) is 19.7. The lowest BCUT2D eigenvalue weighted by molar-refractivity contribution is -0.116. The predicted molar refractivity (Wildman–Crippen MR) is 104 cm³/mol. The van der Waals surface area contributed by atoms with E-state index in [4.69, 9.17) is 11.6 Å². The minimum absolute atomic E-state index is 0.0188. The summed E-state index contributed by atoms with van der Waals surface area (Å²) in [6.07, 6.45) is -0.0863. The molecule has 0 spiro atoms. The molecular formula is C17H17ClN2O5S2. The minimum atomic E-state index is -3.93.